The summed E-state index contributed by atoms with van der Waals surface area (Å²) in [7, 11) is 0. The molecule has 6 rings (SSSR count). The van der Waals surface area contributed by atoms with E-state index in [1.54, 1.807) is 31.6 Å². The van der Waals surface area contributed by atoms with Gasteiger partial charge in [0.05, 0.1) is 39.4 Å². The Labute approximate surface area is 202 Å². The Hall–Kier alpha value is -4.44. The van der Waals surface area contributed by atoms with Gasteiger partial charge in [-0.25, -0.2) is 4.98 Å². The lowest BCUT2D eigenvalue weighted by molar-refractivity contribution is -0.115. The Morgan fingerprint density at radius 3 is 2.83 bits per heavy atom. The zero-order valence-electron chi connectivity index (χ0n) is 18.5. The quantitative estimate of drug-likeness (QED) is 0.288. The summed E-state index contributed by atoms with van der Waals surface area (Å²) < 4.78 is 13.6. The number of nitrogens with one attached hydrogen (secondary N) is 3. The van der Waals surface area contributed by atoms with Crippen LogP contribution in [0.25, 0.3) is 55.2 Å². The number of amides is 1. The number of hydrogen-bond donors (Lipinski definition) is 3. The topological polar surface area (TPSA) is 112 Å². The van der Waals surface area contributed by atoms with Crippen molar-refractivity contribution in [3.63, 3.8) is 0 Å². The number of carbonyl (C=O) groups excluding carboxylic acids is 1. The number of carbonyl (C=O) groups is 1. The smallest absolute Gasteiger partial charge is 0.224 e. The third kappa shape index (κ3) is 3.83. The van der Waals surface area contributed by atoms with Crippen LogP contribution in [-0.4, -0.2) is 36.0 Å². The largest absolute Gasteiger partial charge is 0.353 e. The maximum atomic E-state index is 13.6. The SMILES string of the molecule is CCC(=O)Nc1cncc(-c2ccc3[nH]nc(-c4cc5c(-c6ccc(F)s6)nccc5[nH]4)c3n2)c1. The second-order valence-electron chi connectivity index (χ2n) is 7.94. The van der Waals surface area contributed by atoms with E-state index in [0.29, 0.717) is 34.7 Å². The number of aromatic amines is 2. The number of hydrogen-bond acceptors (Lipinski definition) is 6. The van der Waals surface area contributed by atoms with Gasteiger partial charge < -0.3 is 10.3 Å². The van der Waals surface area contributed by atoms with Gasteiger partial charge in [0.1, 0.15) is 11.2 Å². The molecule has 0 spiro atoms. The fourth-order valence-corrected chi connectivity index (χ4v) is 4.71. The second kappa shape index (κ2) is 8.41. The lowest BCUT2D eigenvalue weighted by atomic mass is 10.1. The van der Waals surface area contributed by atoms with Crippen molar-refractivity contribution in [3.05, 3.63) is 66.2 Å². The molecule has 1 amide bonds. The van der Waals surface area contributed by atoms with Crippen LogP contribution in [0.4, 0.5) is 10.1 Å². The normalized spacial score (nSPS) is 11.4. The van der Waals surface area contributed by atoms with Crippen LogP contribution in [0.2, 0.25) is 0 Å². The van der Waals surface area contributed by atoms with E-state index in [2.05, 4.69) is 30.5 Å². The van der Waals surface area contributed by atoms with Gasteiger partial charge in [-0.2, -0.15) is 9.49 Å². The number of anilines is 1. The molecule has 0 radical (unpaired) electrons. The number of aromatic nitrogens is 6. The lowest BCUT2D eigenvalue weighted by Gasteiger charge is -2.06. The van der Waals surface area contributed by atoms with Crippen LogP contribution in [0.1, 0.15) is 13.3 Å². The first-order valence-corrected chi connectivity index (χ1v) is 11.7. The van der Waals surface area contributed by atoms with Crippen molar-refractivity contribution in [2.45, 2.75) is 13.3 Å². The molecule has 0 unspecified atom stereocenters. The minimum atomic E-state index is -0.252. The molecule has 6 aromatic heterocycles. The highest BCUT2D eigenvalue weighted by Crippen LogP contribution is 2.35. The highest BCUT2D eigenvalue weighted by Gasteiger charge is 2.17. The van der Waals surface area contributed by atoms with E-state index in [1.165, 1.54) is 6.07 Å². The molecule has 0 saturated carbocycles. The highest BCUT2D eigenvalue weighted by molar-refractivity contribution is 7.13. The predicted octanol–water partition coefficient (Wildman–Crippen LogP) is 5.78. The standard InChI is InChI=1S/C25H18FN7OS/c1-2-22(34)29-14-9-13(11-27-12-14)16-3-4-18-24(31-16)25(33-32-18)19-10-15-17(30-19)7-8-28-23(15)20-5-6-21(26)35-20/h3-12,30H,2H2,1H3,(H,29,34)(H,32,33). The molecule has 35 heavy (non-hydrogen) atoms. The summed E-state index contributed by atoms with van der Waals surface area (Å²) in [5.41, 5.74) is 6.57. The number of thiophene rings is 1. The summed E-state index contributed by atoms with van der Waals surface area (Å²) in [5, 5.41) is 11.0. The van der Waals surface area contributed by atoms with Crippen molar-refractivity contribution >= 4 is 44.9 Å². The van der Waals surface area contributed by atoms with Crippen molar-refractivity contribution in [1.29, 1.82) is 0 Å². The number of rotatable bonds is 5. The van der Waals surface area contributed by atoms with E-state index in [0.717, 1.165) is 43.9 Å². The van der Waals surface area contributed by atoms with Crippen LogP contribution in [0, 0.1) is 5.13 Å². The van der Waals surface area contributed by atoms with E-state index in [1.807, 2.05) is 30.3 Å². The Morgan fingerprint density at radius 1 is 1.09 bits per heavy atom. The Bertz CT molecular complexity index is 1720. The van der Waals surface area contributed by atoms with Crippen molar-refractivity contribution in [3.8, 4) is 33.2 Å². The van der Waals surface area contributed by atoms with Gasteiger partial charge in [-0.05, 0) is 42.5 Å². The average Bonchev–Trinajstić information content (AvgIpc) is 3.61. The Kier molecular flexibility index (Phi) is 5.07. The molecule has 0 aliphatic rings. The van der Waals surface area contributed by atoms with Crippen LogP contribution in [0.15, 0.2) is 61.1 Å². The molecule has 0 saturated heterocycles. The maximum absolute atomic E-state index is 13.6. The number of halogens is 1. The number of nitrogens with zero attached hydrogens (tertiary/aromatic N) is 4. The Morgan fingerprint density at radius 2 is 2.00 bits per heavy atom. The minimum absolute atomic E-state index is 0.0811. The van der Waals surface area contributed by atoms with Crippen LogP contribution in [-0.2, 0) is 4.79 Å². The van der Waals surface area contributed by atoms with Gasteiger partial charge in [0, 0.05) is 35.3 Å². The molecular weight excluding hydrogens is 465 g/mol. The maximum Gasteiger partial charge on any atom is 0.224 e. The van der Waals surface area contributed by atoms with Crippen molar-refractivity contribution < 1.29 is 9.18 Å². The molecule has 6 aromatic rings. The van der Waals surface area contributed by atoms with E-state index in [9.17, 15) is 9.18 Å². The molecule has 0 aliphatic carbocycles. The summed E-state index contributed by atoms with van der Waals surface area (Å²) in [6, 6.07) is 12.6. The molecule has 10 heteroatoms. The van der Waals surface area contributed by atoms with Crippen LogP contribution in [0.5, 0.6) is 0 Å². The predicted molar refractivity (Wildman–Crippen MR) is 134 cm³/mol. The van der Waals surface area contributed by atoms with Gasteiger partial charge in [0.15, 0.2) is 5.13 Å². The van der Waals surface area contributed by atoms with Crippen LogP contribution in [0.3, 0.4) is 0 Å². The summed E-state index contributed by atoms with van der Waals surface area (Å²) >= 11 is 1.06. The van der Waals surface area contributed by atoms with E-state index >= 15 is 0 Å². The van der Waals surface area contributed by atoms with Gasteiger partial charge >= 0.3 is 0 Å². The van der Waals surface area contributed by atoms with E-state index in [4.69, 9.17) is 4.98 Å². The second-order valence-corrected chi connectivity index (χ2v) is 8.97. The molecule has 0 aromatic carbocycles. The fourth-order valence-electron chi connectivity index (χ4n) is 3.96. The number of pyridine rings is 3. The van der Waals surface area contributed by atoms with Crippen LogP contribution >= 0.6 is 11.3 Å². The van der Waals surface area contributed by atoms with Gasteiger partial charge in [-0.15, -0.1) is 11.3 Å². The molecule has 0 fully saturated rings. The lowest BCUT2D eigenvalue weighted by Crippen LogP contribution is -2.09. The van der Waals surface area contributed by atoms with Crippen molar-refractivity contribution in [2.24, 2.45) is 0 Å². The molecule has 3 N–H and O–H groups in total. The summed E-state index contributed by atoms with van der Waals surface area (Å²) in [6.45, 7) is 1.80. The number of H-pyrrole nitrogens is 2. The summed E-state index contributed by atoms with van der Waals surface area (Å²) in [4.78, 5) is 29.5. The van der Waals surface area contributed by atoms with Crippen molar-refractivity contribution in [1.82, 2.24) is 30.1 Å². The molecular formula is C25H18FN7OS. The first-order valence-electron chi connectivity index (χ1n) is 10.9. The third-order valence-corrected chi connectivity index (χ3v) is 6.54. The van der Waals surface area contributed by atoms with Crippen molar-refractivity contribution in [2.75, 3.05) is 5.32 Å². The Balaban J connectivity index is 1.43. The minimum Gasteiger partial charge on any atom is -0.353 e. The van der Waals surface area contributed by atoms with Gasteiger partial charge in [-0.1, -0.05) is 6.92 Å². The van der Waals surface area contributed by atoms with E-state index < -0.39 is 0 Å². The summed E-state index contributed by atoms with van der Waals surface area (Å²) in [5.74, 6) is -0.0811. The van der Waals surface area contributed by atoms with Gasteiger partial charge in [0.2, 0.25) is 5.91 Å². The molecule has 0 atom stereocenters. The fraction of sp³-hybridized carbons (Fsp3) is 0.0800. The molecule has 172 valence electrons. The average molecular weight is 484 g/mol. The van der Waals surface area contributed by atoms with E-state index in [-0.39, 0.29) is 11.0 Å². The molecule has 6 heterocycles. The van der Waals surface area contributed by atoms with Gasteiger partial charge in [0.25, 0.3) is 0 Å². The molecule has 0 bridgehead atoms. The highest BCUT2D eigenvalue weighted by atomic mass is 32.1. The zero-order valence-corrected chi connectivity index (χ0v) is 19.3. The summed E-state index contributed by atoms with van der Waals surface area (Å²) in [6.07, 6.45) is 5.40. The number of fused-ring (bicyclic) bond motifs is 2. The zero-order chi connectivity index (χ0) is 23.9. The first kappa shape index (κ1) is 21.1. The monoisotopic (exact) mass is 483 g/mol. The first-order chi connectivity index (χ1) is 17.1. The van der Waals surface area contributed by atoms with Crippen LogP contribution < -0.4 is 5.32 Å². The third-order valence-electron chi connectivity index (χ3n) is 5.66. The molecule has 0 aliphatic heterocycles. The van der Waals surface area contributed by atoms with Gasteiger partial charge in [-0.3, -0.25) is 19.9 Å². The molecule has 8 nitrogen and oxygen atoms in total.